The number of hydrogen-bond donors (Lipinski definition) is 1. The van der Waals surface area contributed by atoms with Crippen molar-refractivity contribution in [2.75, 3.05) is 5.32 Å². The van der Waals surface area contributed by atoms with Gasteiger partial charge in [-0.15, -0.1) is 0 Å². The van der Waals surface area contributed by atoms with Gasteiger partial charge < -0.3 is 5.32 Å². The molecule has 2 rings (SSSR count). The summed E-state index contributed by atoms with van der Waals surface area (Å²) in [5.41, 5.74) is 3.34. The lowest BCUT2D eigenvalue weighted by Gasteiger charge is -2.34. The zero-order valence-corrected chi connectivity index (χ0v) is 16.3. The van der Waals surface area contributed by atoms with E-state index in [1.165, 1.54) is 0 Å². The van der Waals surface area contributed by atoms with Crippen molar-refractivity contribution < 1.29 is 0 Å². The lowest BCUT2D eigenvalue weighted by atomic mass is 9.82. The number of aryl methyl sites for hydroxylation is 2. The SMILES string of the molecule is CCc1nc2c(C)cc(Br)nn2c1NC(C)(C)CC(C)(C)C. The Kier molecular flexibility index (Phi) is 4.58. The van der Waals surface area contributed by atoms with Crippen LogP contribution in [0.2, 0.25) is 0 Å². The van der Waals surface area contributed by atoms with E-state index in [1.807, 2.05) is 10.6 Å². The summed E-state index contributed by atoms with van der Waals surface area (Å²) in [7, 11) is 0. The molecular weight excluding hydrogens is 340 g/mol. The Balaban J connectivity index is 2.50. The lowest BCUT2D eigenvalue weighted by molar-refractivity contribution is 0.301. The molecule has 0 aliphatic carbocycles. The van der Waals surface area contributed by atoms with Crippen LogP contribution in [0.5, 0.6) is 0 Å². The van der Waals surface area contributed by atoms with Crippen molar-refractivity contribution in [3.63, 3.8) is 0 Å². The molecule has 2 aromatic rings. The first-order valence-electron chi connectivity index (χ1n) is 7.85. The Morgan fingerprint density at radius 2 is 1.86 bits per heavy atom. The van der Waals surface area contributed by atoms with Crippen LogP contribution in [-0.2, 0) is 6.42 Å². The van der Waals surface area contributed by atoms with Crippen LogP contribution in [0.3, 0.4) is 0 Å². The Morgan fingerprint density at radius 3 is 2.41 bits per heavy atom. The molecule has 4 nitrogen and oxygen atoms in total. The normalized spacial score (nSPS) is 12.9. The second kappa shape index (κ2) is 5.84. The molecule has 2 heterocycles. The minimum Gasteiger partial charge on any atom is -0.364 e. The largest absolute Gasteiger partial charge is 0.364 e. The Morgan fingerprint density at radius 1 is 1.23 bits per heavy atom. The second-order valence-corrected chi connectivity index (χ2v) is 8.70. The average Bonchev–Trinajstić information content (AvgIpc) is 2.64. The summed E-state index contributed by atoms with van der Waals surface area (Å²) in [5.74, 6) is 1.01. The second-order valence-electron chi connectivity index (χ2n) is 7.89. The van der Waals surface area contributed by atoms with Crippen molar-refractivity contribution in [3.05, 3.63) is 21.9 Å². The molecule has 0 amide bonds. The maximum absolute atomic E-state index is 4.77. The number of halogens is 1. The fourth-order valence-electron chi connectivity index (χ4n) is 3.24. The van der Waals surface area contributed by atoms with E-state index in [0.29, 0.717) is 0 Å². The highest BCUT2D eigenvalue weighted by atomic mass is 79.9. The maximum Gasteiger partial charge on any atom is 0.159 e. The number of nitrogens with one attached hydrogen (secondary N) is 1. The van der Waals surface area contributed by atoms with E-state index in [0.717, 1.165) is 40.2 Å². The molecule has 0 saturated heterocycles. The van der Waals surface area contributed by atoms with Crippen LogP contribution < -0.4 is 5.32 Å². The van der Waals surface area contributed by atoms with E-state index in [-0.39, 0.29) is 11.0 Å². The third-order valence-electron chi connectivity index (χ3n) is 3.57. The molecule has 0 atom stereocenters. The van der Waals surface area contributed by atoms with Crippen LogP contribution in [0.15, 0.2) is 10.7 Å². The lowest BCUT2D eigenvalue weighted by Crippen LogP contribution is -2.36. The van der Waals surface area contributed by atoms with E-state index in [9.17, 15) is 0 Å². The third kappa shape index (κ3) is 3.80. The van der Waals surface area contributed by atoms with Crippen molar-refractivity contribution in [2.24, 2.45) is 5.41 Å². The van der Waals surface area contributed by atoms with Gasteiger partial charge in [0.25, 0.3) is 0 Å². The summed E-state index contributed by atoms with van der Waals surface area (Å²) in [6.07, 6.45) is 1.94. The maximum atomic E-state index is 4.77. The van der Waals surface area contributed by atoms with Gasteiger partial charge >= 0.3 is 0 Å². The highest BCUT2D eigenvalue weighted by Gasteiger charge is 2.28. The Labute approximate surface area is 141 Å². The van der Waals surface area contributed by atoms with Crippen LogP contribution in [0.25, 0.3) is 5.65 Å². The summed E-state index contributed by atoms with van der Waals surface area (Å²) in [6.45, 7) is 15.5. The highest BCUT2D eigenvalue weighted by Crippen LogP contribution is 2.31. The summed E-state index contributed by atoms with van der Waals surface area (Å²) >= 11 is 3.49. The fourth-order valence-corrected chi connectivity index (χ4v) is 3.74. The van der Waals surface area contributed by atoms with Crippen molar-refractivity contribution >= 4 is 27.4 Å². The van der Waals surface area contributed by atoms with Gasteiger partial charge in [0.2, 0.25) is 0 Å². The van der Waals surface area contributed by atoms with Crippen LogP contribution >= 0.6 is 15.9 Å². The minimum absolute atomic E-state index is 0.0317. The molecule has 22 heavy (non-hydrogen) atoms. The van der Waals surface area contributed by atoms with Crippen LogP contribution in [0.4, 0.5) is 5.82 Å². The van der Waals surface area contributed by atoms with Gasteiger partial charge in [-0.25, -0.2) is 4.98 Å². The summed E-state index contributed by atoms with van der Waals surface area (Å²) in [4.78, 5) is 4.77. The van der Waals surface area contributed by atoms with Crippen molar-refractivity contribution in [3.8, 4) is 0 Å². The van der Waals surface area contributed by atoms with Crippen molar-refractivity contribution in [2.45, 2.75) is 66.8 Å². The van der Waals surface area contributed by atoms with Gasteiger partial charge in [0.15, 0.2) is 11.5 Å². The van der Waals surface area contributed by atoms with E-state index in [2.05, 4.69) is 74.8 Å². The van der Waals surface area contributed by atoms with Crippen LogP contribution in [0, 0.1) is 12.3 Å². The molecule has 122 valence electrons. The number of nitrogens with zero attached hydrogens (tertiary/aromatic N) is 3. The molecule has 0 aliphatic rings. The third-order valence-corrected chi connectivity index (χ3v) is 3.96. The van der Waals surface area contributed by atoms with Crippen molar-refractivity contribution in [1.29, 1.82) is 0 Å². The Hall–Kier alpha value is -1.10. The number of rotatable bonds is 4. The van der Waals surface area contributed by atoms with E-state index >= 15 is 0 Å². The Bertz CT molecular complexity index is 680. The van der Waals surface area contributed by atoms with E-state index in [1.54, 1.807) is 0 Å². The first-order chi connectivity index (χ1) is 10.0. The van der Waals surface area contributed by atoms with Gasteiger partial charge in [0, 0.05) is 5.54 Å². The standard InChI is InChI=1S/C17H27BrN4/c1-8-12-15(20-17(6,7)10-16(3,4)5)22-14(19-12)11(2)9-13(18)21-22/h9,20H,8,10H2,1-7H3. The fraction of sp³-hybridized carbons (Fsp3) is 0.647. The number of fused-ring (bicyclic) bond motifs is 1. The van der Waals surface area contributed by atoms with Gasteiger partial charge in [-0.3, -0.25) is 0 Å². The van der Waals surface area contributed by atoms with Crippen LogP contribution in [-0.4, -0.2) is 20.1 Å². The average molecular weight is 367 g/mol. The molecular formula is C17H27BrN4. The van der Waals surface area contributed by atoms with E-state index in [4.69, 9.17) is 4.98 Å². The summed E-state index contributed by atoms with van der Waals surface area (Å²) in [5, 5.41) is 8.28. The van der Waals surface area contributed by atoms with Gasteiger partial charge in [0.05, 0.1) is 5.69 Å². The van der Waals surface area contributed by atoms with Crippen molar-refractivity contribution in [1.82, 2.24) is 14.6 Å². The molecule has 0 bridgehead atoms. The quantitative estimate of drug-likeness (QED) is 0.828. The van der Waals surface area contributed by atoms with E-state index < -0.39 is 0 Å². The summed E-state index contributed by atoms with van der Waals surface area (Å²) in [6, 6.07) is 2.01. The molecule has 5 heteroatoms. The zero-order valence-electron chi connectivity index (χ0n) is 14.7. The first kappa shape index (κ1) is 17.3. The zero-order chi connectivity index (χ0) is 16.7. The molecule has 0 aromatic carbocycles. The smallest absolute Gasteiger partial charge is 0.159 e. The molecule has 1 N–H and O–H groups in total. The van der Waals surface area contributed by atoms with Crippen LogP contribution in [0.1, 0.15) is 59.2 Å². The number of hydrogen-bond acceptors (Lipinski definition) is 3. The molecule has 2 aromatic heterocycles. The monoisotopic (exact) mass is 366 g/mol. The highest BCUT2D eigenvalue weighted by molar-refractivity contribution is 9.10. The minimum atomic E-state index is -0.0317. The number of anilines is 1. The number of aromatic nitrogens is 3. The molecule has 0 unspecified atom stereocenters. The predicted molar refractivity (Wildman–Crippen MR) is 96.6 cm³/mol. The predicted octanol–water partition coefficient (Wildman–Crippen LogP) is 4.99. The molecule has 0 fully saturated rings. The first-order valence-corrected chi connectivity index (χ1v) is 8.65. The topological polar surface area (TPSA) is 42.2 Å². The molecule has 0 aliphatic heterocycles. The summed E-state index contributed by atoms with van der Waals surface area (Å²) < 4.78 is 2.76. The number of imidazole rings is 1. The van der Waals surface area contributed by atoms with Gasteiger partial charge in [-0.2, -0.15) is 9.61 Å². The molecule has 0 saturated carbocycles. The molecule has 0 spiro atoms. The van der Waals surface area contributed by atoms with Gasteiger partial charge in [0.1, 0.15) is 4.60 Å². The van der Waals surface area contributed by atoms with Gasteiger partial charge in [-0.1, -0.05) is 27.7 Å². The van der Waals surface area contributed by atoms with Gasteiger partial charge in [-0.05, 0) is 66.6 Å². The molecule has 0 radical (unpaired) electrons.